The third-order valence-corrected chi connectivity index (χ3v) is 2.95. The molecule has 0 unspecified atom stereocenters. The molecular weight excluding hydrogens is 190 g/mol. The third kappa shape index (κ3) is 5.40. The molecule has 1 nitrogen and oxygen atoms in total. The summed E-state index contributed by atoms with van der Waals surface area (Å²) in [6, 6.07) is 4.34. The molecule has 0 spiro atoms. The van der Waals surface area contributed by atoms with Gasteiger partial charge in [-0.3, -0.25) is 0 Å². The molecule has 0 saturated heterocycles. The van der Waals surface area contributed by atoms with Gasteiger partial charge in [0.25, 0.3) is 0 Å². The molecule has 0 saturated carbocycles. The number of hydrogen-bond donors (Lipinski definition) is 1. The molecule has 80 valence electrons. The normalized spacial score (nSPS) is 11.9. The summed E-state index contributed by atoms with van der Waals surface area (Å²) in [7, 11) is 0. The second kappa shape index (κ2) is 5.52. The van der Waals surface area contributed by atoms with Crippen molar-refractivity contribution in [1.29, 1.82) is 0 Å². The lowest BCUT2D eigenvalue weighted by molar-refractivity contribution is 0.379. The second-order valence-corrected chi connectivity index (χ2v) is 5.95. The lowest BCUT2D eigenvalue weighted by Crippen LogP contribution is -2.27. The molecular formula is C12H21NS. The van der Waals surface area contributed by atoms with E-state index in [0.29, 0.717) is 5.41 Å². The van der Waals surface area contributed by atoms with Crippen molar-refractivity contribution < 1.29 is 0 Å². The first kappa shape index (κ1) is 11.7. The molecule has 0 aliphatic heterocycles. The Kier molecular flexibility index (Phi) is 4.63. The molecule has 1 N–H and O–H groups in total. The van der Waals surface area contributed by atoms with Crippen molar-refractivity contribution in [3.8, 4) is 0 Å². The van der Waals surface area contributed by atoms with Crippen LogP contribution in [0.5, 0.6) is 0 Å². The van der Waals surface area contributed by atoms with E-state index in [0.717, 1.165) is 13.1 Å². The van der Waals surface area contributed by atoms with Gasteiger partial charge < -0.3 is 5.32 Å². The molecule has 0 aliphatic rings. The molecule has 2 heteroatoms. The summed E-state index contributed by atoms with van der Waals surface area (Å²) in [4.78, 5) is 1.50. The van der Waals surface area contributed by atoms with Crippen LogP contribution in [-0.2, 0) is 6.42 Å². The van der Waals surface area contributed by atoms with Gasteiger partial charge in [-0.1, -0.05) is 26.8 Å². The quantitative estimate of drug-likeness (QED) is 0.737. The van der Waals surface area contributed by atoms with Crippen molar-refractivity contribution in [2.45, 2.75) is 33.6 Å². The highest BCUT2D eigenvalue weighted by Gasteiger charge is 2.08. The number of rotatable bonds is 5. The molecule has 0 atom stereocenters. The van der Waals surface area contributed by atoms with Gasteiger partial charge in [0.15, 0.2) is 0 Å². The van der Waals surface area contributed by atoms with Crippen LogP contribution in [0.2, 0.25) is 0 Å². The van der Waals surface area contributed by atoms with Crippen LogP contribution in [0.4, 0.5) is 0 Å². The minimum absolute atomic E-state index is 0.406. The lowest BCUT2D eigenvalue weighted by atomic mass is 9.97. The van der Waals surface area contributed by atoms with Crippen LogP contribution in [0.25, 0.3) is 0 Å². The van der Waals surface area contributed by atoms with E-state index >= 15 is 0 Å². The first-order valence-electron chi connectivity index (χ1n) is 5.31. The predicted octanol–water partition coefficient (Wildman–Crippen LogP) is 3.32. The Balaban J connectivity index is 2.00. The third-order valence-electron chi connectivity index (χ3n) is 2.01. The SMILES string of the molecule is CC(C)(C)CNCCCc1cccs1. The summed E-state index contributed by atoms with van der Waals surface area (Å²) in [5.74, 6) is 0. The minimum atomic E-state index is 0.406. The van der Waals surface area contributed by atoms with Crippen molar-refractivity contribution in [3.63, 3.8) is 0 Å². The summed E-state index contributed by atoms with van der Waals surface area (Å²) >= 11 is 1.86. The summed E-state index contributed by atoms with van der Waals surface area (Å²) in [5, 5.41) is 5.64. The Morgan fingerprint density at radius 2 is 2.14 bits per heavy atom. The van der Waals surface area contributed by atoms with Gasteiger partial charge in [-0.25, -0.2) is 0 Å². The van der Waals surface area contributed by atoms with E-state index in [1.165, 1.54) is 17.7 Å². The van der Waals surface area contributed by atoms with Crippen molar-refractivity contribution in [2.24, 2.45) is 5.41 Å². The molecule has 0 bridgehead atoms. The fourth-order valence-corrected chi connectivity index (χ4v) is 2.06. The van der Waals surface area contributed by atoms with E-state index in [9.17, 15) is 0 Å². The van der Waals surface area contributed by atoms with Gasteiger partial charge in [-0.15, -0.1) is 11.3 Å². The molecule has 14 heavy (non-hydrogen) atoms. The van der Waals surface area contributed by atoms with E-state index in [4.69, 9.17) is 0 Å². The van der Waals surface area contributed by atoms with Gasteiger partial charge in [0.05, 0.1) is 0 Å². The van der Waals surface area contributed by atoms with Crippen LogP contribution in [-0.4, -0.2) is 13.1 Å². The molecule has 0 radical (unpaired) electrons. The maximum absolute atomic E-state index is 3.49. The summed E-state index contributed by atoms with van der Waals surface area (Å²) in [6.07, 6.45) is 2.46. The maximum Gasteiger partial charge on any atom is 0.00457 e. The molecule has 0 amide bonds. The Bertz CT molecular complexity index is 233. The molecule has 0 aliphatic carbocycles. The van der Waals surface area contributed by atoms with Crippen LogP contribution in [0.3, 0.4) is 0 Å². The van der Waals surface area contributed by atoms with Crippen LogP contribution in [0.15, 0.2) is 17.5 Å². The van der Waals surface area contributed by atoms with Crippen LogP contribution >= 0.6 is 11.3 Å². The van der Waals surface area contributed by atoms with Gasteiger partial charge in [0, 0.05) is 4.88 Å². The smallest absolute Gasteiger partial charge is 0.00457 e. The largest absolute Gasteiger partial charge is 0.316 e. The van der Waals surface area contributed by atoms with Crippen molar-refractivity contribution in [1.82, 2.24) is 5.32 Å². The van der Waals surface area contributed by atoms with Crippen LogP contribution in [0.1, 0.15) is 32.1 Å². The van der Waals surface area contributed by atoms with E-state index < -0.39 is 0 Å². The van der Waals surface area contributed by atoms with Crippen molar-refractivity contribution in [2.75, 3.05) is 13.1 Å². The zero-order valence-corrected chi connectivity index (χ0v) is 10.3. The standard InChI is InChI=1S/C12H21NS/c1-12(2,3)10-13-8-4-6-11-7-5-9-14-11/h5,7,9,13H,4,6,8,10H2,1-3H3. The molecule has 1 aromatic rings. The average molecular weight is 211 g/mol. The molecule has 0 fully saturated rings. The van der Waals surface area contributed by atoms with Gasteiger partial charge >= 0.3 is 0 Å². The zero-order valence-electron chi connectivity index (χ0n) is 9.47. The monoisotopic (exact) mass is 211 g/mol. The van der Waals surface area contributed by atoms with Crippen LogP contribution in [0, 0.1) is 5.41 Å². The number of aryl methyl sites for hydroxylation is 1. The molecule has 1 aromatic heterocycles. The van der Waals surface area contributed by atoms with Gasteiger partial charge in [-0.05, 0) is 42.8 Å². The summed E-state index contributed by atoms with van der Waals surface area (Å²) in [5.41, 5.74) is 0.406. The number of hydrogen-bond acceptors (Lipinski definition) is 2. The molecule has 0 aromatic carbocycles. The summed E-state index contributed by atoms with van der Waals surface area (Å²) in [6.45, 7) is 9.03. The Hall–Kier alpha value is -0.340. The Morgan fingerprint density at radius 1 is 1.36 bits per heavy atom. The first-order chi connectivity index (χ1) is 6.58. The lowest BCUT2D eigenvalue weighted by Gasteiger charge is -2.18. The van der Waals surface area contributed by atoms with E-state index in [1.54, 1.807) is 0 Å². The maximum atomic E-state index is 3.49. The van der Waals surface area contributed by atoms with E-state index in [-0.39, 0.29) is 0 Å². The fraction of sp³-hybridized carbons (Fsp3) is 0.667. The second-order valence-electron chi connectivity index (χ2n) is 4.92. The van der Waals surface area contributed by atoms with Crippen LogP contribution < -0.4 is 5.32 Å². The highest BCUT2D eigenvalue weighted by Crippen LogP contribution is 2.11. The van der Waals surface area contributed by atoms with E-state index in [1.807, 2.05) is 11.3 Å². The van der Waals surface area contributed by atoms with Gasteiger partial charge in [0.1, 0.15) is 0 Å². The zero-order chi connectivity index (χ0) is 10.4. The predicted molar refractivity (Wildman–Crippen MR) is 65.0 cm³/mol. The van der Waals surface area contributed by atoms with Crippen molar-refractivity contribution >= 4 is 11.3 Å². The number of thiophene rings is 1. The fourth-order valence-electron chi connectivity index (χ4n) is 1.31. The summed E-state index contributed by atoms with van der Waals surface area (Å²) < 4.78 is 0. The first-order valence-corrected chi connectivity index (χ1v) is 6.19. The van der Waals surface area contributed by atoms with Gasteiger partial charge in [-0.2, -0.15) is 0 Å². The minimum Gasteiger partial charge on any atom is -0.316 e. The highest BCUT2D eigenvalue weighted by molar-refractivity contribution is 7.09. The van der Waals surface area contributed by atoms with Crippen molar-refractivity contribution in [3.05, 3.63) is 22.4 Å². The molecule has 1 rings (SSSR count). The Morgan fingerprint density at radius 3 is 2.71 bits per heavy atom. The topological polar surface area (TPSA) is 12.0 Å². The average Bonchev–Trinajstić information content (AvgIpc) is 2.54. The Labute approximate surface area is 91.5 Å². The van der Waals surface area contributed by atoms with E-state index in [2.05, 4.69) is 43.6 Å². The molecule has 1 heterocycles. The number of nitrogens with one attached hydrogen (secondary N) is 1. The van der Waals surface area contributed by atoms with Gasteiger partial charge in [0.2, 0.25) is 0 Å². The highest BCUT2D eigenvalue weighted by atomic mass is 32.1.